The molecule has 0 aliphatic heterocycles. The van der Waals surface area contributed by atoms with Crippen LogP contribution >= 0.6 is 0 Å². The van der Waals surface area contributed by atoms with Gasteiger partial charge in [0.1, 0.15) is 0 Å². The predicted molar refractivity (Wildman–Crippen MR) is 90.4 cm³/mol. The third-order valence-corrected chi connectivity index (χ3v) is 4.33. The minimum Gasteiger partial charge on any atom is -0.331 e. The molecule has 6 heteroatoms. The SMILES string of the molecule is C=CCN(CC=C)C(=O)c1cccc(NS(=O)(=O)CCC)c1. The summed E-state index contributed by atoms with van der Waals surface area (Å²) < 4.78 is 26.1. The molecule has 22 heavy (non-hydrogen) atoms. The molecule has 120 valence electrons. The molecule has 5 nitrogen and oxygen atoms in total. The van der Waals surface area contributed by atoms with Crippen molar-refractivity contribution in [2.45, 2.75) is 13.3 Å². The predicted octanol–water partition coefficient (Wildman–Crippen LogP) is 2.65. The third kappa shape index (κ3) is 5.37. The highest BCUT2D eigenvalue weighted by molar-refractivity contribution is 7.92. The van der Waals surface area contributed by atoms with E-state index in [0.717, 1.165) is 0 Å². The Balaban J connectivity index is 2.97. The van der Waals surface area contributed by atoms with Gasteiger partial charge in [-0.05, 0) is 24.6 Å². The van der Waals surface area contributed by atoms with E-state index in [9.17, 15) is 13.2 Å². The molecule has 0 saturated heterocycles. The fraction of sp³-hybridized carbons (Fsp3) is 0.312. The van der Waals surface area contributed by atoms with Crippen LogP contribution < -0.4 is 4.72 Å². The minimum atomic E-state index is -3.38. The van der Waals surface area contributed by atoms with E-state index in [2.05, 4.69) is 17.9 Å². The lowest BCUT2D eigenvalue weighted by molar-refractivity contribution is 0.0791. The van der Waals surface area contributed by atoms with Crippen molar-refractivity contribution < 1.29 is 13.2 Å². The number of hydrogen-bond acceptors (Lipinski definition) is 3. The summed E-state index contributed by atoms with van der Waals surface area (Å²) in [6, 6.07) is 6.46. The molecular formula is C16H22N2O3S. The van der Waals surface area contributed by atoms with Gasteiger partial charge in [-0.3, -0.25) is 9.52 Å². The monoisotopic (exact) mass is 322 g/mol. The topological polar surface area (TPSA) is 66.5 Å². The molecule has 0 aliphatic carbocycles. The lowest BCUT2D eigenvalue weighted by atomic mass is 10.1. The number of sulfonamides is 1. The first-order valence-corrected chi connectivity index (χ1v) is 8.70. The molecule has 0 fully saturated rings. The van der Waals surface area contributed by atoms with E-state index in [-0.39, 0.29) is 11.7 Å². The maximum atomic E-state index is 12.4. The molecule has 0 bridgehead atoms. The second kappa shape index (κ2) is 8.38. The van der Waals surface area contributed by atoms with E-state index < -0.39 is 10.0 Å². The Morgan fingerprint density at radius 1 is 1.27 bits per heavy atom. The van der Waals surface area contributed by atoms with Gasteiger partial charge < -0.3 is 4.90 Å². The van der Waals surface area contributed by atoms with Crippen LogP contribution in [0, 0.1) is 0 Å². The van der Waals surface area contributed by atoms with E-state index in [4.69, 9.17) is 0 Å². The molecule has 1 aromatic carbocycles. The summed E-state index contributed by atoms with van der Waals surface area (Å²) in [5.41, 5.74) is 0.803. The Hall–Kier alpha value is -2.08. The first-order chi connectivity index (χ1) is 10.4. The van der Waals surface area contributed by atoms with Gasteiger partial charge in [0.15, 0.2) is 0 Å². The van der Waals surface area contributed by atoms with Crippen LogP contribution in [-0.2, 0) is 10.0 Å². The summed E-state index contributed by atoms with van der Waals surface area (Å²) >= 11 is 0. The number of anilines is 1. The van der Waals surface area contributed by atoms with E-state index in [1.807, 2.05) is 0 Å². The van der Waals surface area contributed by atoms with Crippen molar-refractivity contribution >= 4 is 21.6 Å². The first kappa shape index (κ1) is 18.0. The highest BCUT2D eigenvalue weighted by Gasteiger charge is 2.15. The zero-order valence-electron chi connectivity index (χ0n) is 12.8. The highest BCUT2D eigenvalue weighted by Crippen LogP contribution is 2.15. The zero-order chi connectivity index (χ0) is 16.6. The van der Waals surface area contributed by atoms with Gasteiger partial charge in [0, 0.05) is 24.3 Å². The summed E-state index contributed by atoms with van der Waals surface area (Å²) in [5.74, 6) is -0.152. The Morgan fingerprint density at radius 3 is 2.45 bits per heavy atom. The smallest absolute Gasteiger partial charge is 0.254 e. The van der Waals surface area contributed by atoms with Gasteiger partial charge in [0.05, 0.1) is 5.75 Å². The minimum absolute atomic E-state index is 0.0459. The molecule has 1 N–H and O–H groups in total. The molecule has 1 rings (SSSR count). The van der Waals surface area contributed by atoms with Gasteiger partial charge in [-0.2, -0.15) is 0 Å². The molecule has 0 aromatic heterocycles. The number of benzene rings is 1. The van der Waals surface area contributed by atoms with Crippen molar-refractivity contribution in [3.63, 3.8) is 0 Å². The standard InChI is InChI=1S/C16H22N2O3S/c1-4-10-18(11-5-2)16(19)14-8-7-9-15(13-14)17-22(20,21)12-6-3/h4-5,7-9,13,17H,1-2,6,10-12H2,3H3. The average molecular weight is 322 g/mol. The van der Waals surface area contributed by atoms with Gasteiger partial charge in [-0.25, -0.2) is 8.42 Å². The van der Waals surface area contributed by atoms with E-state index in [0.29, 0.717) is 30.8 Å². The average Bonchev–Trinajstić information content (AvgIpc) is 2.46. The largest absolute Gasteiger partial charge is 0.331 e. The molecular weight excluding hydrogens is 300 g/mol. The van der Waals surface area contributed by atoms with E-state index in [1.54, 1.807) is 42.2 Å². The van der Waals surface area contributed by atoms with Crippen molar-refractivity contribution in [3.05, 3.63) is 55.1 Å². The third-order valence-electron chi connectivity index (χ3n) is 2.84. The number of nitrogens with zero attached hydrogens (tertiary/aromatic N) is 1. The van der Waals surface area contributed by atoms with Crippen LogP contribution in [-0.4, -0.2) is 38.1 Å². The van der Waals surface area contributed by atoms with Gasteiger partial charge in [0.25, 0.3) is 5.91 Å². The highest BCUT2D eigenvalue weighted by atomic mass is 32.2. The maximum Gasteiger partial charge on any atom is 0.254 e. The molecule has 0 atom stereocenters. The number of amides is 1. The van der Waals surface area contributed by atoms with Crippen LogP contribution in [0.2, 0.25) is 0 Å². The molecule has 0 unspecified atom stereocenters. The molecule has 0 spiro atoms. The van der Waals surface area contributed by atoms with E-state index in [1.165, 1.54) is 6.07 Å². The van der Waals surface area contributed by atoms with Gasteiger partial charge in [-0.15, -0.1) is 13.2 Å². The zero-order valence-corrected chi connectivity index (χ0v) is 13.6. The fourth-order valence-electron chi connectivity index (χ4n) is 1.95. The number of carbonyl (C=O) groups excluding carboxylic acids is 1. The van der Waals surface area contributed by atoms with Crippen LogP contribution in [0.25, 0.3) is 0 Å². The summed E-state index contributed by atoms with van der Waals surface area (Å²) in [6.07, 6.45) is 3.80. The van der Waals surface area contributed by atoms with Crippen LogP contribution in [0.3, 0.4) is 0 Å². The molecule has 0 saturated carbocycles. The quantitative estimate of drug-likeness (QED) is 0.711. The van der Waals surface area contributed by atoms with Crippen molar-refractivity contribution in [2.24, 2.45) is 0 Å². The lowest BCUT2D eigenvalue weighted by Gasteiger charge is -2.19. The van der Waals surface area contributed by atoms with Crippen LogP contribution in [0.15, 0.2) is 49.6 Å². The van der Waals surface area contributed by atoms with Crippen LogP contribution in [0.1, 0.15) is 23.7 Å². The molecule has 1 aromatic rings. The lowest BCUT2D eigenvalue weighted by Crippen LogP contribution is -2.31. The molecule has 1 amide bonds. The van der Waals surface area contributed by atoms with Crippen LogP contribution in [0.4, 0.5) is 5.69 Å². The molecule has 0 radical (unpaired) electrons. The number of carbonyl (C=O) groups is 1. The maximum absolute atomic E-state index is 12.4. The Bertz CT molecular complexity index is 629. The number of nitrogens with one attached hydrogen (secondary N) is 1. The second-order valence-corrected chi connectivity index (χ2v) is 6.63. The van der Waals surface area contributed by atoms with E-state index >= 15 is 0 Å². The normalized spacial score (nSPS) is 10.8. The summed E-state index contributed by atoms with van der Waals surface area (Å²) in [5, 5.41) is 0. The first-order valence-electron chi connectivity index (χ1n) is 7.05. The number of hydrogen-bond donors (Lipinski definition) is 1. The molecule has 0 heterocycles. The number of rotatable bonds is 9. The Morgan fingerprint density at radius 2 is 1.91 bits per heavy atom. The van der Waals surface area contributed by atoms with Gasteiger partial charge in [-0.1, -0.05) is 25.1 Å². The van der Waals surface area contributed by atoms with Crippen molar-refractivity contribution in [3.8, 4) is 0 Å². The van der Waals surface area contributed by atoms with Crippen molar-refractivity contribution in [1.82, 2.24) is 4.90 Å². The van der Waals surface area contributed by atoms with Gasteiger partial charge >= 0.3 is 0 Å². The van der Waals surface area contributed by atoms with Crippen molar-refractivity contribution in [1.29, 1.82) is 0 Å². The summed E-state index contributed by atoms with van der Waals surface area (Å²) in [7, 11) is -3.38. The van der Waals surface area contributed by atoms with Crippen LogP contribution in [0.5, 0.6) is 0 Å². The van der Waals surface area contributed by atoms with Crippen molar-refractivity contribution in [2.75, 3.05) is 23.6 Å². The summed E-state index contributed by atoms with van der Waals surface area (Å²) in [6.45, 7) is 9.84. The second-order valence-electron chi connectivity index (χ2n) is 4.79. The fourth-order valence-corrected chi connectivity index (χ4v) is 3.08. The Kier molecular flexibility index (Phi) is 6.85. The summed E-state index contributed by atoms with van der Waals surface area (Å²) in [4.78, 5) is 14.0. The Labute approximate surface area is 132 Å². The molecule has 0 aliphatic rings. The van der Waals surface area contributed by atoms with Gasteiger partial charge in [0.2, 0.25) is 10.0 Å².